The van der Waals surface area contributed by atoms with Crippen molar-refractivity contribution in [1.29, 1.82) is 0 Å². The first-order valence-corrected chi connectivity index (χ1v) is 13.4. The molecule has 0 unspecified atom stereocenters. The van der Waals surface area contributed by atoms with E-state index in [4.69, 9.17) is 0 Å². The molecule has 3 aliphatic rings. The summed E-state index contributed by atoms with van der Waals surface area (Å²) in [6.07, 6.45) is 23.9. The summed E-state index contributed by atoms with van der Waals surface area (Å²) in [7, 11) is 0. The predicted octanol–water partition coefficient (Wildman–Crippen LogP) is 10.1. The van der Waals surface area contributed by atoms with Crippen LogP contribution in [0.4, 0.5) is 0 Å². The van der Waals surface area contributed by atoms with Gasteiger partial charge in [0.25, 0.3) is 0 Å². The second kappa shape index (κ2) is 15.8. The standard InChI is InChI=1S/C10H20.2C9H18/c1-9(2)8-10-6-4-3-5-7-10;1-8(2)7-9-5-3-4-6-9;1-8(2)9-6-4-3-5-7-9/h9-10H,3-8H2,1-2H3;2*8-9H,3-7H2,1-2H3. The fourth-order valence-corrected chi connectivity index (χ4v) is 5.80. The molecule has 3 aliphatic carbocycles. The highest BCUT2D eigenvalue weighted by Gasteiger charge is 2.16. The Kier molecular flexibility index (Phi) is 14.7. The van der Waals surface area contributed by atoms with Crippen molar-refractivity contribution in [2.75, 3.05) is 0 Å². The van der Waals surface area contributed by atoms with E-state index < -0.39 is 0 Å². The third-order valence-corrected chi connectivity index (χ3v) is 7.40. The smallest absolute Gasteiger partial charge is 0.0391 e. The van der Waals surface area contributed by atoms with Crippen molar-refractivity contribution in [2.24, 2.45) is 35.5 Å². The summed E-state index contributed by atoms with van der Waals surface area (Å²) in [6.45, 7) is 14.1. The van der Waals surface area contributed by atoms with Crippen molar-refractivity contribution < 1.29 is 0 Å². The fourth-order valence-electron chi connectivity index (χ4n) is 5.80. The zero-order chi connectivity index (χ0) is 20.8. The molecule has 28 heavy (non-hydrogen) atoms. The van der Waals surface area contributed by atoms with Crippen LogP contribution in [0, 0.1) is 35.5 Å². The first-order chi connectivity index (χ1) is 13.4. The van der Waals surface area contributed by atoms with Crippen LogP contribution in [0.5, 0.6) is 0 Å². The Labute approximate surface area is 180 Å². The van der Waals surface area contributed by atoms with Crippen molar-refractivity contribution in [3.63, 3.8) is 0 Å². The molecule has 0 radical (unpaired) electrons. The van der Waals surface area contributed by atoms with E-state index in [0.29, 0.717) is 0 Å². The Hall–Kier alpha value is 0. The molecule has 3 fully saturated rings. The van der Waals surface area contributed by atoms with Gasteiger partial charge < -0.3 is 0 Å². The van der Waals surface area contributed by atoms with Gasteiger partial charge in [-0.2, -0.15) is 0 Å². The van der Waals surface area contributed by atoms with Gasteiger partial charge in [-0.25, -0.2) is 0 Å². The van der Waals surface area contributed by atoms with Gasteiger partial charge in [0, 0.05) is 0 Å². The van der Waals surface area contributed by atoms with E-state index in [1.54, 1.807) is 0 Å². The zero-order valence-electron chi connectivity index (χ0n) is 20.8. The molecule has 0 aromatic carbocycles. The molecule has 0 N–H and O–H groups in total. The average molecular weight is 393 g/mol. The molecule has 0 nitrogen and oxygen atoms in total. The number of rotatable bonds is 5. The molecule has 0 aliphatic heterocycles. The molecular formula is C28H56. The van der Waals surface area contributed by atoms with Crippen molar-refractivity contribution in [3.05, 3.63) is 0 Å². The van der Waals surface area contributed by atoms with Crippen LogP contribution in [0.2, 0.25) is 0 Å². The van der Waals surface area contributed by atoms with Crippen LogP contribution in [0.3, 0.4) is 0 Å². The Morgan fingerprint density at radius 3 is 1.07 bits per heavy atom. The van der Waals surface area contributed by atoms with Crippen LogP contribution in [0.1, 0.15) is 144 Å². The minimum absolute atomic E-state index is 0.920. The van der Waals surface area contributed by atoms with E-state index in [0.717, 1.165) is 35.5 Å². The van der Waals surface area contributed by atoms with E-state index in [9.17, 15) is 0 Å². The zero-order valence-corrected chi connectivity index (χ0v) is 20.8. The van der Waals surface area contributed by atoms with Gasteiger partial charge in [-0.3, -0.25) is 0 Å². The molecule has 0 saturated heterocycles. The van der Waals surface area contributed by atoms with Gasteiger partial charge in [0.05, 0.1) is 0 Å². The van der Waals surface area contributed by atoms with Gasteiger partial charge in [-0.15, -0.1) is 0 Å². The maximum absolute atomic E-state index is 2.36. The van der Waals surface area contributed by atoms with Crippen molar-refractivity contribution in [2.45, 2.75) is 144 Å². The van der Waals surface area contributed by atoms with E-state index >= 15 is 0 Å². The summed E-state index contributed by atoms with van der Waals surface area (Å²) in [5, 5.41) is 0. The normalized spacial score (nSPS) is 22.2. The SMILES string of the molecule is CC(C)C1CCCCC1.CC(C)CC1CCCC1.CC(C)CC1CCCCC1. The van der Waals surface area contributed by atoms with Gasteiger partial charge >= 0.3 is 0 Å². The first-order valence-electron chi connectivity index (χ1n) is 13.4. The Morgan fingerprint density at radius 2 is 0.786 bits per heavy atom. The summed E-state index contributed by atoms with van der Waals surface area (Å²) in [5.74, 6) is 6.00. The van der Waals surface area contributed by atoms with Gasteiger partial charge in [-0.1, -0.05) is 131 Å². The van der Waals surface area contributed by atoms with E-state index in [2.05, 4.69) is 41.5 Å². The Balaban J connectivity index is 0.000000210. The van der Waals surface area contributed by atoms with Crippen molar-refractivity contribution in [3.8, 4) is 0 Å². The molecule has 0 spiro atoms. The fraction of sp³-hybridized carbons (Fsp3) is 1.00. The van der Waals surface area contributed by atoms with Crippen LogP contribution < -0.4 is 0 Å². The van der Waals surface area contributed by atoms with Crippen molar-refractivity contribution >= 4 is 0 Å². The van der Waals surface area contributed by atoms with Gasteiger partial charge in [0.2, 0.25) is 0 Å². The lowest BCUT2D eigenvalue weighted by Gasteiger charge is -2.24. The molecule has 0 heteroatoms. The third kappa shape index (κ3) is 13.3. The van der Waals surface area contributed by atoms with Crippen LogP contribution in [-0.4, -0.2) is 0 Å². The Bertz CT molecular complexity index is 322. The lowest BCUT2D eigenvalue weighted by atomic mass is 9.82. The van der Waals surface area contributed by atoms with Crippen LogP contribution in [0.15, 0.2) is 0 Å². The topological polar surface area (TPSA) is 0 Å². The lowest BCUT2D eigenvalue weighted by Crippen LogP contribution is -2.12. The highest BCUT2D eigenvalue weighted by atomic mass is 14.2. The van der Waals surface area contributed by atoms with Crippen LogP contribution >= 0.6 is 0 Å². The van der Waals surface area contributed by atoms with Crippen molar-refractivity contribution in [1.82, 2.24) is 0 Å². The lowest BCUT2D eigenvalue weighted by molar-refractivity contribution is 0.279. The molecule has 0 atom stereocenters. The second-order valence-electron chi connectivity index (χ2n) is 11.6. The van der Waals surface area contributed by atoms with Crippen LogP contribution in [0.25, 0.3) is 0 Å². The van der Waals surface area contributed by atoms with E-state index in [1.165, 1.54) is 103 Å². The molecule has 3 rings (SSSR count). The maximum Gasteiger partial charge on any atom is -0.0391 e. The molecule has 0 amide bonds. The van der Waals surface area contributed by atoms with E-state index in [-0.39, 0.29) is 0 Å². The minimum Gasteiger partial charge on any atom is -0.0628 e. The molecule has 0 aromatic rings. The molecular weight excluding hydrogens is 336 g/mol. The predicted molar refractivity (Wildman–Crippen MR) is 129 cm³/mol. The highest BCUT2D eigenvalue weighted by molar-refractivity contribution is 4.69. The monoisotopic (exact) mass is 392 g/mol. The molecule has 0 bridgehead atoms. The minimum atomic E-state index is 0.920. The first kappa shape index (κ1) is 26.0. The van der Waals surface area contributed by atoms with Crippen LogP contribution in [-0.2, 0) is 0 Å². The summed E-state index contributed by atoms with van der Waals surface area (Å²) in [5.41, 5.74) is 0. The quantitative estimate of drug-likeness (QED) is 0.436. The average Bonchev–Trinajstić information content (AvgIpc) is 3.16. The summed E-state index contributed by atoms with van der Waals surface area (Å²) < 4.78 is 0. The second-order valence-corrected chi connectivity index (χ2v) is 11.6. The summed E-state index contributed by atoms with van der Waals surface area (Å²) >= 11 is 0. The summed E-state index contributed by atoms with van der Waals surface area (Å²) in [6, 6.07) is 0. The van der Waals surface area contributed by atoms with E-state index in [1.807, 2.05) is 0 Å². The molecule has 3 saturated carbocycles. The Morgan fingerprint density at radius 1 is 0.464 bits per heavy atom. The molecule has 0 aromatic heterocycles. The third-order valence-electron chi connectivity index (χ3n) is 7.40. The van der Waals surface area contributed by atoms with Gasteiger partial charge in [0.1, 0.15) is 0 Å². The molecule has 0 heterocycles. The molecule has 168 valence electrons. The van der Waals surface area contributed by atoms with Gasteiger partial charge in [0.15, 0.2) is 0 Å². The number of hydrogen-bond donors (Lipinski definition) is 0. The maximum atomic E-state index is 2.36. The largest absolute Gasteiger partial charge is 0.0628 e. The summed E-state index contributed by atoms with van der Waals surface area (Å²) in [4.78, 5) is 0. The number of hydrogen-bond acceptors (Lipinski definition) is 0. The highest BCUT2D eigenvalue weighted by Crippen LogP contribution is 2.30. The van der Waals surface area contributed by atoms with Gasteiger partial charge in [-0.05, 0) is 48.3 Å².